The summed E-state index contributed by atoms with van der Waals surface area (Å²) in [6.07, 6.45) is -5.35. The molecule has 0 saturated carbocycles. The van der Waals surface area contributed by atoms with Gasteiger partial charge in [-0.05, 0) is 13.0 Å². The molecule has 0 rings (SSSR count). The molecule has 0 aliphatic heterocycles. The van der Waals surface area contributed by atoms with Crippen LogP contribution in [0.3, 0.4) is 0 Å². The van der Waals surface area contributed by atoms with Gasteiger partial charge in [-0.25, -0.2) is 0 Å². The summed E-state index contributed by atoms with van der Waals surface area (Å²) >= 11 is 0. The minimum absolute atomic E-state index is 0.685. The van der Waals surface area contributed by atoms with Crippen LogP contribution in [0, 0.1) is 0 Å². The summed E-state index contributed by atoms with van der Waals surface area (Å²) in [6, 6.07) is 0. The maximum absolute atomic E-state index is 11.1. The van der Waals surface area contributed by atoms with Gasteiger partial charge in [0.1, 0.15) is 18.3 Å². The predicted molar refractivity (Wildman–Crippen MR) is 53.0 cm³/mol. The van der Waals surface area contributed by atoms with E-state index in [-0.39, 0.29) is 0 Å². The highest BCUT2D eigenvalue weighted by atomic mass is 16.4. The van der Waals surface area contributed by atoms with E-state index in [2.05, 4.69) is 0 Å². The van der Waals surface area contributed by atoms with Crippen LogP contribution in [0.25, 0.3) is 0 Å². The van der Waals surface area contributed by atoms with Gasteiger partial charge in [0.25, 0.3) is 0 Å². The van der Waals surface area contributed by atoms with Crippen LogP contribution in [0.4, 0.5) is 0 Å². The average Bonchev–Trinajstić information content (AvgIpc) is 2.22. The van der Waals surface area contributed by atoms with Crippen LogP contribution in [-0.2, 0) is 9.59 Å². The van der Waals surface area contributed by atoms with Gasteiger partial charge in [-0.1, -0.05) is 0 Å². The van der Waals surface area contributed by atoms with Crippen molar-refractivity contribution in [3.05, 3.63) is 12.2 Å². The molecule has 16 heavy (non-hydrogen) atoms. The van der Waals surface area contributed by atoms with Gasteiger partial charge in [-0.3, -0.25) is 9.59 Å². The first-order valence-electron chi connectivity index (χ1n) is 4.51. The fraction of sp³-hybridized carbons (Fsp3) is 0.556. The Morgan fingerprint density at radius 1 is 1.06 bits per heavy atom. The van der Waals surface area contributed by atoms with Crippen LogP contribution in [0.1, 0.15) is 6.92 Å². The monoisotopic (exact) mass is 233 g/mol. The topological polar surface area (TPSA) is 141 Å². The van der Waals surface area contributed by atoms with E-state index in [1.807, 2.05) is 0 Å². The molecule has 0 bridgehead atoms. The van der Waals surface area contributed by atoms with Crippen molar-refractivity contribution in [2.75, 3.05) is 0 Å². The molecule has 0 aromatic carbocycles. The quantitative estimate of drug-likeness (QED) is 0.311. The number of ketones is 1. The van der Waals surface area contributed by atoms with Crippen molar-refractivity contribution in [1.82, 2.24) is 0 Å². The molecule has 0 aromatic heterocycles. The number of hydrogen-bond donors (Lipinski definition) is 5. The lowest BCUT2D eigenvalue weighted by molar-refractivity contribution is -0.139. The summed E-state index contributed by atoms with van der Waals surface area (Å²) in [6.45, 7) is 1.18. The second-order valence-electron chi connectivity index (χ2n) is 3.30. The maximum Gasteiger partial charge on any atom is 0.241 e. The van der Waals surface area contributed by atoms with Gasteiger partial charge >= 0.3 is 0 Å². The van der Waals surface area contributed by atoms with E-state index >= 15 is 0 Å². The Bertz CT molecular complexity index is 288. The van der Waals surface area contributed by atoms with E-state index < -0.39 is 36.1 Å². The minimum Gasteiger partial charge on any atom is -0.391 e. The standard InChI is InChI=1S/C9H15NO6/c1-4(11)7(14)9(16)8(15)5(12)2-3-6(10)13/h2-4,7-9,11,14-16H,1H3,(H2,10,13)/t4-,7-,8-,9+/m0/s1. The van der Waals surface area contributed by atoms with Gasteiger partial charge in [0, 0.05) is 6.08 Å². The van der Waals surface area contributed by atoms with Crippen LogP contribution in [0.15, 0.2) is 12.2 Å². The zero-order valence-corrected chi connectivity index (χ0v) is 8.65. The van der Waals surface area contributed by atoms with E-state index in [0.29, 0.717) is 12.2 Å². The zero-order chi connectivity index (χ0) is 12.9. The molecule has 92 valence electrons. The van der Waals surface area contributed by atoms with E-state index in [0.717, 1.165) is 0 Å². The molecule has 7 nitrogen and oxygen atoms in total. The van der Waals surface area contributed by atoms with Crippen molar-refractivity contribution >= 4 is 11.7 Å². The second-order valence-corrected chi connectivity index (χ2v) is 3.30. The highest BCUT2D eigenvalue weighted by Gasteiger charge is 2.31. The van der Waals surface area contributed by atoms with Crippen molar-refractivity contribution in [1.29, 1.82) is 0 Å². The Labute approximate surface area is 91.8 Å². The summed E-state index contributed by atoms with van der Waals surface area (Å²) in [5, 5.41) is 36.6. The fourth-order valence-corrected chi connectivity index (χ4v) is 0.903. The second kappa shape index (κ2) is 6.33. The largest absolute Gasteiger partial charge is 0.391 e. The molecular weight excluding hydrogens is 218 g/mol. The maximum atomic E-state index is 11.1. The molecule has 0 radical (unpaired) electrons. The number of aliphatic hydroxyl groups is 4. The smallest absolute Gasteiger partial charge is 0.241 e. The third-order valence-corrected chi connectivity index (χ3v) is 1.87. The van der Waals surface area contributed by atoms with Crippen molar-refractivity contribution in [3.63, 3.8) is 0 Å². The first kappa shape index (κ1) is 14.7. The van der Waals surface area contributed by atoms with Crippen LogP contribution in [0.2, 0.25) is 0 Å². The summed E-state index contributed by atoms with van der Waals surface area (Å²) in [4.78, 5) is 21.4. The molecule has 0 heterocycles. The van der Waals surface area contributed by atoms with Crippen molar-refractivity contribution < 1.29 is 30.0 Å². The molecule has 0 aliphatic rings. The molecule has 0 saturated heterocycles. The van der Waals surface area contributed by atoms with E-state index in [9.17, 15) is 19.8 Å². The summed E-state index contributed by atoms with van der Waals surface area (Å²) in [7, 11) is 0. The first-order valence-corrected chi connectivity index (χ1v) is 4.51. The molecule has 6 N–H and O–H groups in total. The predicted octanol–water partition coefficient (Wildman–Crippen LogP) is -2.94. The Hall–Kier alpha value is -1.28. The number of primary amides is 1. The van der Waals surface area contributed by atoms with Gasteiger partial charge in [-0.15, -0.1) is 0 Å². The highest BCUT2D eigenvalue weighted by Crippen LogP contribution is 2.06. The van der Waals surface area contributed by atoms with Gasteiger partial charge in [-0.2, -0.15) is 0 Å². The fourth-order valence-electron chi connectivity index (χ4n) is 0.903. The van der Waals surface area contributed by atoms with Gasteiger partial charge in [0.05, 0.1) is 6.10 Å². The van der Waals surface area contributed by atoms with Crippen LogP contribution >= 0.6 is 0 Å². The van der Waals surface area contributed by atoms with E-state index in [1.54, 1.807) is 0 Å². The Morgan fingerprint density at radius 2 is 1.56 bits per heavy atom. The van der Waals surface area contributed by atoms with Crippen molar-refractivity contribution in [2.45, 2.75) is 31.3 Å². The number of carbonyl (C=O) groups excluding carboxylic acids is 2. The first-order chi connectivity index (χ1) is 7.27. The summed E-state index contributed by atoms with van der Waals surface area (Å²) < 4.78 is 0. The Balaban J connectivity index is 4.49. The molecule has 1 amide bonds. The molecule has 0 unspecified atom stereocenters. The number of amides is 1. The number of nitrogens with two attached hydrogens (primary N) is 1. The minimum atomic E-state index is -1.93. The van der Waals surface area contributed by atoms with Crippen molar-refractivity contribution in [3.8, 4) is 0 Å². The summed E-state index contributed by atoms with van der Waals surface area (Å²) in [5.41, 5.74) is 4.71. The number of hydrogen-bond acceptors (Lipinski definition) is 6. The molecular formula is C9H15NO6. The van der Waals surface area contributed by atoms with Crippen LogP contribution in [0.5, 0.6) is 0 Å². The third kappa shape index (κ3) is 4.49. The normalized spacial score (nSPS) is 19.1. The zero-order valence-electron chi connectivity index (χ0n) is 8.65. The Morgan fingerprint density at radius 3 is 1.94 bits per heavy atom. The van der Waals surface area contributed by atoms with Crippen LogP contribution in [-0.4, -0.2) is 56.5 Å². The molecule has 0 aliphatic carbocycles. The lowest BCUT2D eigenvalue weighted by Crippen LogP contribution is -2.46. The van der Waals surface area contributed by atoms with Gasteiger partial charge in [0.2, 0.25) is 5.91 Å². The lowest BCUT2D eigenvalue weighted by Gasteiger charge is -2.23. The van der Waals surface area contributed by atoms with Crippen LogP contribution < -0.4 is 5.73 Å². The average molecular weight is 233 g/mol. The molecule has 0 spiro atoms. The third-order valence-electron chi connectivity index (χ3n) is 1.87. The van der Waals surface area contributed by atoms with E-state index in [4.69, 9.17) is 15.9 Å². The number of carbonyl (C=O) groups is 2. The molecule has 7 heteroatoms. The SMILES string of the molecule is C[C@H](O)[C@H](O)[C@@H](O)[C@@H](O)C(=O)C=CC(N)=O. The molecule has 0 aromatic rings. The summed E-state index contributed by atoms with van der Waals surface area (Å²) in [5.74, 6) is -1.88. The lowest BCUT2D eigenvalue weighted by atomic mass is 10.0. The van der Waals surface area contributed by atoms with Gasteiger partial charge < -0.3 is 26.2 Å². The van der Waals surface area contributed by atoms with Crippen molar-refractivity contribution in [2.24, 2.45) is 5.73 Å². The van der Waals surface area contributed by atoms with Gasteiger partial charge in [0.15, 0.2) is 5.78 Å². The number of aliphatic hydroxyl groups excluding tert-OH is 4. The number of rotatable bonds is 6. The molecule has 4 atom stereocenters. The Kier molecular flexibility index (Phi) is 5.83. The highest BCUT2D eigenvalue weighted by molar-refractivity contribution is 5.99. The van der Waals surface area contributed by atoms with E-state index in [1.165, 1.54) is 6.92 Å². The molecule has 0 fully saturated rings.